The Morgan fingerprint density at radius 3 is 2.93 bits per heavy atom. The summed E-state index contributed by atoms with van der Waals surface area (Å²) in [5.41, 5.74) is 0.932. The van der Waals surface area contributed by atoms with Gasteiger partial charge in [-0.25, -0.2) is 0 Å². The molecule has 15 heavy (non-hydrogen) atoms. The van der Waals surface area contributed by atoms with Gasteiger partial charge in [0.1, 0.15) is 11.8 Å². The fourth-order valence-electron chi connectivity index (χ4n) is 1.66. The summed E-state index contributed by atoms with van der Waals surface area (Å²) in [4.78, 5) is 2.01. The Hall–Kier alpha value is -1.40. The molecule has 1 aliphatic rings. The van der Waals surface area contributed by atoms with Crippen LogP contribution in [0, 0.1) is 11.3 Å². The molecule has 2 atom stereocenters. The molecule has 0 saturated carbocycles. The number of hydrogen-bond acceptors (Lipinski definition) is 3. The number of likely N-dealkylation sites (N-methyl/N-ethyl adjacent to an activating group) is 1. The Balaban J connectivity index is 2.46. The van der Waals surface area contributed by atoms with Gasteiger partial charge in [-0.05, 0) is 25.1 Å². The lowest BCUT2D eigenvalue weighted by Gasteiger charge is -2.36. The molecule has 1 heterocycles. The summed E-state index contributed by atoms with van der Waals surface area (Å²) in [7, 11) is 1.94. The van der Waals surface area contributed by atoms with Gasteiger partial charge < -0.3 is 9.64 Å². The van der Waals surface area contributed by atoms with Crippen LogP contribution in [0.15, 0.2) is 18.2 Å². The molecular weight excluding hydrogens is 212 g/mol. The molecule has 2 rings (SSSR count). The average molecular weight is 223 g/mol. The fourth-order valence-corrected chi connectivity index (χ4v) is 1.82. The van der Waals surface area contributed by atoms with E-state index in [0.29, 0.717) is 10.8 Å². The van der Waals surface area contributed by atoms with Crippen molar-refractivity contribution in [3.05, 3.63) is 23.2 Å². The summed E-state index contributed by atoms with van der Waals surface area (Å²) >= 11 is 5.91. The number of nitriles is 1. The van der Waals surface area contributed by atoms with E-state index in [4.69, 9.17) is 21.6 Å². The molecule has 0 amide bonds. The summed E-state index contributed by atoms with van der Waals surface area (Å²) in [5.74, 6) is 0.714. The van der Waals surface area contributed by atoms with Crippen LogP contribution in [-0.2, 0) is 0 Å². The Morgan fingerprint density at radius 2 is 2.27 bits per heavy atom. The van der Waals surface area contributed by atoms with Crippen LogP contribution in [0.25, 0.3) is 0 Å². The number of fused-ring (bicyclic) bond motifs is 1. The van der Waals surface area contributed by atoms with Crippen LogP contribution in [0.1, 0.15) is 6.92 Å². The van der Waals surface area contributed by atoms with Gasteiger partial charge in [0.2, 0.25) is 6.10 Å². The van der Waals surface area contributed by atoms with Crippen molar-refractivity contribution in [2.24, 2.45) is 0 Å². The van der Waals surface area contributed by atoms with Crippen molar-refractivity contribution in [2.45, 2.75) is 19.1 Å². The molecule has 0 N–H and O–H groups in total. The third-order valence-electron chi connectivity index (χ3n) is 2.73. The first kappa shape index (κ1) is 10.1. The lowest BCUT2D eigenvalue weighted by atomic mass is 10.1. The molecule has 1 aromatic rings. The van der Waals surface area contributed by atoms with Gasteiger partial charge in [0, 0.05) is 12.1 Å². The van der Waals surface area contributed by atoms with Crippen molar-refractivity contribution in [2.75, 3.05) is 11.9 Å². The number of benzene rings is 1. The lowest BCUT2D eigenvalue weighted by molar-refractivity contribution is 0.212. The van der Waals surface area contributed by atoms with Crippen LogP contribution < -0.4 is 9.64 Å². The van der Waals surface area contributed by atoms with Gasteiger partial charge in [0.05, 0.1) is 11.7 Å². The number of hydrogen-bond donors (Lipinski definition) is 0. The summed E-state index contributed by atoms with van der Waals surface area (Å²) in [6.07, 6.45) is -0.427. The molecule has 1 aliphatic heterocycles. The molecule has 0 aliphatic carbocycles. The minimum absolute atomic E-state index is 0.0287. The normalized spacial score (nSPS) is 24.0. The van der Waals surface area contributed by atoms with Gasteiger partial charge in [0.15, 0.2) is 0 Å². The van der Waals surface area contributed by atoms with Gasteiger partial charge in [-0.15, -0.1) is 0 Å². The van der Waals surface area contributed by atoms with Crippen molar-refractivity contribution >= 4 is 17.3 Å². The monoisotopic (exact) mass is 222 g/mol. The van der Waals surface area contributed by atoms with Crippen LogP contribution in [-0.4, -0.2) is 19.2 Å². The van der Waals surface area contributed by atoms with Gasteiger partial charge >= 0.3 is 0 Å². The van der Waals surface area contributed by atoms with E-state index in [-0.39, 0.29) is 6.04 Å². The number of ether oxygens (including phenoxy) is 1. The van der Waals surface area contributed by atoms with Crippen molar-refractivity contribution in [3.63, 3.8) is 0 Å². The van der Waals surface area contributed by atoms with E-state index in [2.05, 4.69) is 6.07 Å². The second-order valence-electron chi connectivity index (χ2n) is 3.63. The highest BCUT2D eigenvalue weighted by Gasteiger charge is 2.30. The zero-order valence-corrected chi connectivity index (χ0v) is 9.32. The molecule has 0 radical (unpaired) electrons. The van der Waals surface area contributed by atoms with Gasteiger partial charge in [-0.3, -0.25) is 0 Å². The van der Waals surface area contributed by atoms with E-state index in [9.17, 15) is 0 Å². The molecule has 78 valence electrons. The van der Waals surface area contributed by atoms with E-state index in [1.165, 1.54) is 0 Å². The highest BCUT2D eigenvalue weighted by Crippen LogP contribution is 2.36. The van der Waals surface area contributed by atoms with Crippen molar-refractivity contribution in [1.82, 2.24) is 0 Å². The molecular formula is C11H11ClN2O. The highest BCUT2D eigenvalue weighted by atomic mass is 35.5. The third-order valence-corrected chi connectivity index (χ3v) is 2.97. The predicted octanol–water partition coefficient (Wildman–Crippen LogP) is 2.45. The zero-order chi connectivity index (χ0) is 11.0. The maximum atomic E-state index is 8.93. The van der Waals surface area contributed by atoms with E-state index in [0.717, 1.165) is 5.69 Å². The summed E-state index contributed by atoms with van der Waals surface area (Å²) in [6.45, 7) is 1.96. The van der Waals surface area contributed by atoms with E-state index >= 15 is 0 Å². The molecule has 0 saturated heterocycles. The van der Waals surface area contributed by atoms with Crippen LogP contribution in [0.3, 0.4) is 0 Å². The zero-order valence-electron chi connectivity index (χ0n) is 8.57. The van der Waals surface area contributed by atoms with E-state index in [1.807, 2.05) is 24.9 Å². The van der Waals surface area contributed by atoms with E-state index < -0.39 is 6.10 Å². The van der Waals surface area contributed by atoms with Gasteiger partial charge in [0.25, 0.3) is 0 Å². The SMILES string of the molecule is CC1C(C#N)Oc2ccc(Cl)cc2N1C. The first-order chi connectivity index (χ1) is 7.13. The summed E-state index contributed by atoms with van der Waals surface area (Å²) in [5, 5.41) is 9.60. The maximum Gasteiger partial charge on any atom is 0.204 e. The second-order valence-corrected chi connectivity index (χ2v) is 4.07. The molecule has 4 heteroatoms. The minimum atomic E-state index is -0.427. The number of anilines is 1. The molecule has 0 aromatic heterocycles. The second kappa shape index (κ2) is 3.63. The van der Waals surface area contributed by atoms with Crippen LogP contribution in [0.2, 0.25) is 5.02 Å². The van der Waals surface area contributed by atoms with Crippen LogP contribution >= 0.6 is 11.6 Å². The maximum absolute atomic E-state index is 8.93. The first-order valence-corrected chi connectivity index (χ1v) is 5.10. The molecule has 0 bridgehead atoms. The van der Waals surface area contributed by atoms with Gasteiger partial charge in [-0.2, -0.15) is 5.26 Å². The fraction of sp³-hybridized carbons (Fsp3) is 0.364. The van der Waals surface area contributed by atoms with E-state index in [1.54, 1.807) is 12.1 Å². The third kappa shape index (κ3) is 1.62. The summed E-state index contributed by atoms with van der Waals surface area (Å²) < 4.78 is 5.56. The quantitative estimate of drug-likeness (QED) is 0.677. The molecule has 3 nitrogen and oxygen atoms in total. The van der Waals surface area contributed by atoms with Crippen molar-refractivity contribution < 1.29 is 4.74 Å². The first-order valence-electron chi connectivity index (χ1n) is 4.72. The topological polar surface area (TPSA) is 36.3 Å². The molecule has 0 fully saturated rings. The molecule has 0 spiro atoms. The predicted molar refractivity (Wildman–Crippen MR) is 59.3 cm³/mol. The smallest absolute Gasteiger partial charge is 0.204 e. The van der Waals surface area contributed by atoms with Crippen LogP contribution in [0.4, 0.5) is 5.69 Å². The number of halogens is 1. The van der Waals surface area contributed by atoms with Crippen LogP contribution in [0.5, 0.6) is 5.75 Å². The highest BCUT2D eigenvalue weighted by molar-refractivity contribution is 6.30. The lowest BCUT2D eigenvalue weighted by Crippen LogP contribution is -2.45. The Kier molecular flexibility index (Phi) is 2.45. The Labute approximate surface area is 93.8 Å². The molecule has 1 aromatic carbocycles. The average Bonchev–Trinajstić information content (AvgIpc) is 2.24. The Morgan fingerprint density at radius 1 is 1.53 bits per heavy atom. The molecule has 2 unspecified atom stereocenters. The minimum Gasteiger partial charge on any atom is -0.471 e. The van der Waals surface area contributed by atoms with Crippen molar-refractivity contribution in [3.8, 4) is 11.8 Å². The van der Waals surface area contributed by atoms with Gasteiger partial charge in [-0.1, -0.05) is 11.6 Å². The standard InChI is InChI=1S/C11H11ClN2O/c1-7-11(6-13)15-10-4-3-8(12)5-9(10)14(7)2/h3-5,7,11H,1-2H3. The Bertz CT molecular complexity index is 427. The number of rotatable bonds is 0. The van der Waals surface area contributed by atoms with Crippen molar-refractivity contribution in [1.29, 1.82) is 5.26 Å². The largest absolute Gasteiger partial charge is 0.471 e. The number of nitrogens with zero attached hydrogens (tertiary/aromatic N) is 2. The summed E-state index contributed by atoms with van der Waals surface area (Å²) in [6, 6.07) is 7.58.